The van der Waals surface area contributed by atoms with Crippen LogP contribution in [0.15, 0.2) is 57.9 Å². The van der Waals surface area contributed by atoms with E-state index < -0.39 is 10.0 Å². The second kappa shape index (κ2) is 11.1. The number of guanidine groups is 1. The van der Waals surface area contributed by atoms with Gasteiger partial charge in [0, 0.05) is 33.1 Å². The molecule has 2 aromatic heterocycles. The van der Waals surface area contributed by atoms with Crippen molar-refractivity contribution in [3.63, 3.8) is 0 Å². The normalized spacial score (nSPS) is 12.0. The van der Waals surface area contributed by atoms with Crippen molar-refractivity contribution in [2.24, 2.45) is 4.99 Å². The SMILES string of the molecule is CN=C(NCc1ccc(S(=O)(=O)N(C)C)s1)N(C)Cc1ncc(-c2ccccc2)[nH]1.I. The highest BCUT2D eigenvalue weighted by Gasteiger charge is 2.19. The van der Waals surface area contributed by atoms with Crippen LogP contribution in [0.1, 0.15) is 10.7 Å². The number of aliphatic imine (C=N–C) groups is 1. The van der Waals surface area contributed by atoms with Gasteiger partial charge >= 0.3 is 0 Å². The summed E-state index contributed by atoms with van der Waals surface area (Å²) in [6.45, 7) is 1.04. The van der Waals surface area contributed by atoms with Gasteiger partial charge in [0.2, 0.25) is 0 Å². The summed E-state index contributed by atoms with van der Waals surface area (Å²) < 4.78 is 26.0. The van der Waals surface area contributed by atoms with Crippen molar-refractivity contribution in [1.82, 2.24) is 24.5 Å². The number of thiophene rings is 1. The number of hydrogen-bond acceptors (Lipinski definition) is 5. The summed E-state index contributed by atoms with van der Waals surface area (Å²) in [5.41, 5.74) is 2.05. The van der Waals surface area contributed by atoms with Gasteiger partial charge in [0.15, 0.2) is 5.96 Å². The molecule has 0 aliphatic rings. The number of rotatable bonds is 7. The molecule has 11 heteroatoms. The number of benzene rings is 1. The first kappa shape index (κ1) is 25.3. The molecule has 2 N–H and O–H groups in total. The van der Waals surface area contributed by atoms with Crippen molar-refractivity contribution >= 4 is 51.3 Å². The molecule has 0 fully saturated rings. The molecule has 0 saturated carbocycles. The third-order valence-electron chi connectivity index (χ3n) is 4.47. The number of H-pyrrole nitrogens is 1. The Balaban J connectivity index is 0.00000341. The smallest absolute Gasteiger partial charge is 0.252 e. The van der Waals surface area contributed by atoms with E-state index >= 15 is 0 Å². The lowest BCUT2D eigenvalue weighted by Gasteiger charge is -2.20. The Labute approximate surface area is 204 Å². The Hall–Kier alpha value is -1.96. The van der Waals surface area contributed by atoms with Crippen LogP contribution in [0.3, 0.4) is 0 Å². The molecule has 0 bridgehead atoms. The summed E-state index contributed by atoms with van der Waals surface area (Å²) in [5.74, 6) is 1.52. The van der Waals surface area contributed by atoms with Crippen molar-refractivity contribution in [2.75, 3.05) is 28.2 Å². The first-order chi connectivity index (χ1) is 14.3. The van der Waals surface area contributed by atoms with Gasteiger partial charge in [0.25, 0.3) is 10.0 Å². The van der Waals surface area contributed by atoms with Gasteiger partial charge in [-0.3, -0.25) is 4.99 Å². The zero-order valence-electron chi connectivity index (χ0n) is 17.9. The molecule has 3 rings (SSSR count). The first-order valence-corrected chi connectivity index (χ1v) is 11.6. The minimum atomic E-state index is -3.41. The average Bonchev–Trinajstić information content (AvgIpc) is 3.39. The number of nitrogens with zero attached hydrogens (tertiary/aromatic N) is 4. The van der Waals surface area contributed by atoms with E-state index in [4.69, 9.17) is 0 Å². The number of sulfonamides is 1. The average molecular weight is 575 g/mol. The standard InChI is InChI=1S/C20H26N6O2S2.HI/c1-21-20(23-12-16-10-11-19(29-16)30(27,28)25(2)3)26(4)14-18-22-13-17(24-18)15-8-6-5-7-9-15;/h5-11,13H,12,14H2,1-4H3,(H,21,23)(H,22,24);1H. The monoisotopic (exact) mass is 574 g/mol. The van der Waals surface area contributed by atoms with Crippen LogP contribution in [-0.4, -0.2) is 61.7 Å². The first-order valence-electron chi connectivity index (χ1n) is 9.33. The van der Waals surface area contributed by atoms with Crippen LogP contribution in [0, 0.1) is 0 Å². The van der Waals surface area contributed by atoms with Gasteiger partial charge in [-0.15, -0.1) is 35.3 Å². The fourth-order valence-corrected chi connectivity index (χ4v) is 5.29. The lowest BCUT2D eigenvalue weighted by molar-refractivity contribution is 0.464. The molecular formula is C20H27IN6O2S2. The maximum atomic E-state index is 12.2. The highest BCUT2D eigenvalue weighted by atomic mass is 127. The van der Waals surface area contributed by atoms with E-state index in [0.29, 0.717) is 23.3 Å². The van der Waals surface area contributed by atoms with Crippen molar-refractivity contribution in [2.45, 2.75) is 17.3 Å². The van der Waals surface area contributed by atoms with Gasteiger partial charge in [0.1, 0.15) is 10.0 Å². The zero-order chi connectivity index (χ0) is 21.7. The Kier molecular flexibility index (Phi) is 9.03. The number of aromatic amines is 1. The van der Waals surface area contributed by atoms with E-state index in [1.54, 1.807) is 13.1 Å². The fourth-order valence-electron chi connectivity index (χ4n) is 2.83. The van der Waals surface area contributed by atoms with Gasteiger partial charge in [-0.2, -0.15) is 0 Å². The number of aromatic nitrogens is 2. The van der Waals surface area contributed by atoms with Crippen molar-refractivity contribution in [3.05, 3.63) is 59.4 Å². The highest BCUT2D eigenvalue weighted by molar-refractivity contribution is 14.0. The van der Waals surface area contributed by atoms with Crippen molar-refractivity contribution < 1.29 is 8.42 Å². The predicted molar refractivity (Wildman–Crippen MR) is 136 cm³/mol. The van der Waals surface area contributed by atoms with Crippen LogP contribution in [0.4, 0.5) is 0 Å². The van der Waals surface area contributed by atoms with Crippen LogP contribution < -0.4 is 5.32 Å². The summed E-state index contributed by atoms with van der Waals surface area (Å²) >= 11 is 1.25. The van der Waals surface area contributed by atoms with Crippen LogP contribution in [0.2, 0.25) is 0 Å². The molecule has 0 amide bonds. The minimum absolute atomic E-state index is 0. The third-order valence-corrected chi connectivity index (χ3v) is 7.83. The molecule has 0 spiro atoms. The highest BCUT2D eigenvalue weighted by Crippen LogP contribution is 2.23. The number of imidazole rings is 1. The van der Waals surface area contributed by atoms with E-state index in [9.17, 15) is 8.42 Å². The van der Waals surface area contributed by atoms with E-state index in [0.717, 1.165) is 22.0 Å². The quantitative estimate of drug-likeness (QED) is 0.257. The molecule has 3 aromatic rings. The number of nitrogens with one attached hydrogen (secondary N) is 2. The Morgan fingerprint density at radius 2 is 1.87 bits per heavy atom. The summed E-state index contributed by atoms with van der Waals surface area (Å²) in [7, 11) is 3.29. The van der Waals surface area contributed by atoms with E-state index in [2.05, 4.69) is 20.3 Å². The molecule has 1 aromatic carbocycles. The number of halogens is 1. The molecule has 8 nitrogen and oxygen atoms in total. The van der Waals surface area contributed by atoms with Crippen LogP contribution in [-0.2, 0) is 23.1 Å². The molecule has 0 atom stereocenters. The van der Waals surface area contributed by atoms with Crippen LogP contribution in [0.5, 0.6) is 0 Å². The molecule has 0 saturated heterocycles. The number of hydrogen-bond donors (Lipinski definition) is 2. The van der Waals surface area contributed by atoms with E-state index in [1.807, 2.05) is 54.5 Å². The lowest BCUT2D eigenvalue weighted by Crippen LogP contribution is -2.38. The van der Waals surface area contributed by atoms with Gasteiger partial charge in [-0.1, -0.05) is 30.3 Å². The van der Waals surface area contributed by atoms with Gasteiger partial charge in [0.05, 0.1) is 25.0 Å². The third kappa shape index (κ3) is 6.28. The molecule has 2 heterocycles. The molecule has 0 radical (unpaired) electrons. The second-order valence-corrected chi connectivity index (χ2v) is 10.4. The summed E-state index contributed by atoms with van der Waals surface area (Å²) in [6, 6.07) is 13.5. The lowest BCUT2D eigenvalue weighted by atomic mass is 10.2. The summed E-state index contributed by atoms with van der Waals surface area (Å²) in [6.07, 6.45) is 1.83. The topological polar surface area (TPSA) is 93.7 Å². The van der Waals surface area contributed by atoms with E-state index in [1.165, 1.54) is 29.7 Å². The minimum Gasteiger partial charge on any atom is -0.351 e. The van der Waals surface area contributed by atoms with Gasteiger partial charge < -0.3 is 15.2 Å². The largest absolute Gasteiger partial charge is 0.351 e. The zero-order valence-corrected chi connectivity index (χ0v) is 21.8. The Morgan fingerprint density at radius 1 is 1.16 bits per heavy atom. The van der Waals surface area contributed by atoms with Gasteiger partial charge in [-0.05, 0) is 17.7 Å². The van der Waals surface area contributed by atoms with Crippen molar-refractivity contribution in [1.29, 1.82) is 0 Å². The predicted octanol–water partition coefficient (Wildman–Crippen LogP) is 3.21. The Bertz CT molecular complexity index is 1110. The summed E-state index contributed by atoms with van der Waals surface area (Å²) in [4.78, 5) is 15.0. The fraction of sp³-hybridized carbons (Fsp3) is 0.300. The van der Waals surface area contributed by atoms with Crippen molar-refractivity contribution in [3.8, 4) is 11.3 Å². The molecule has 0 aliphatic heterocycles. The second-order valence-electron chi connectivity index (χ2n) is 6.87. The van der Waals surface area contributed by atoms with Gasteiger partial charge in [-0.25, -0.2) is 17.7 Å². The Morgan fingerprint density at radius 3 is 2.52 bits per heavy atom. The maximum absolute atomic E-state index is 12.2. The van der Waals surface area contributed by atoms with E-state index in [-0.39, 0.29) is 24.0 Å². The molecular weight excluding hydrogens is 547 g/mol. The van der Waals surface area contributed by atoms with Crippen LogP contribution >= 0.6 is 35.3 Å². The molecule has 0 unspecified atom stereocenters. The molecule has 168 valence electrons. The molecule has 31 heavy (non-hydrogen) atoms. The van der Waals surface area contributed by atoms with Crippen LogP contribution in [0.25, 0.3) is 11.3 Å². The summed E-state index contributed by atoms with van der Waals surface area (Å²) in [5, 5.41) is 3.27. The molecule has 0 aliphatic carbocycles. The maximum Gasteiger partial charge on any atom is 0.252 e.